The van der Waals surface area contributed by atoms with Crippen LogP contribution in [-0.2, 0) is 0 Å². The molecule has 6 heteroatoms. The van der Waals surface area contributed by atoms with Crippen molar-refractivity contribution in [2.24, 2.45) is 0 Å². The zero-order chi connectivity index (χ0) is 31.4. The van der Waals surface area contributed by atoms with Crippen molar-refractivity contribution in [2.75, 3.05) is 9.80 Å². The van der Waals surface area contributed by atoms with Crippen LogP contribution in [0.25, 0.3) is 32.3 Å². The smallest absolute Gasteiger partial charge is 0.115 e. The van der Waals surface area contributed by atoms with Crippen molar-refractivity contribution in [3.8, 4) is 23.0 Å². The highest BCUT2D eigenvalue weighted by Gasteiger charge is 2.21. The highest BCUT2D eigenvalue weighted by atomic mass is 16.3. The van der Waals surface area contributed by atoms with Crippen molar-refractivity contribution in [3.63, 3.8) is 0 Å². The van der Waals surface area contributed by atoms with Gasteiger partial charge in [0.05, 0.1) is 11.4 Å². The fraction of sp³-hybridized carbons (Fsp3) is 0. The molecule has 0 aromatic heterocycles. The van der Waals surface area contributed by atoms with Crippen LogP contribution in [0.4, 0.5) is 34.1 Å². The van der Waals surface area contributed by atoms with E-state index in [1.807, 2.05) is 48.5 Å². The minimum atomic E-state index is 0.184. The summed E-state index contributed by atoms with van der Waals surface area (Å²) in [5.74, 6) is 0.738. The van der Waals surface area contributed by atoms with Gasteiger partial charge in [-0.15, -0.1) is 0 Å². The van der Waals surface area contributed by atoms with Gasteiger partial charge in [0.25, 0.3) is 0 Å². The SMILES string of the molecule is Oc1ccc(N(c2ccc(O)cc2)c2ccc3ccc4c(N(c5ccc(O)cc5)c5ccc(O)cc5)ccc5ccc2c3c54)cc1. The fourth-order valence-corrected chi connectivity index (χ4v) is 6.42. The number of aromatic hydroxyl groups is 4. The molecule has 6 nitrogen and oxygen atoms in total. The summed E-state index contributed by atoms with van der Waals surface area (Å²) < 4.78 is 0. The molecule has 0 aliphatic heterocycles. The van der Waals surface area contributed by atoms with Crippen molar-refractivity contribution >= 4 is 66.4 Å². The molecular weight excluding hydrogens is 572 g/mol. The standard InChI is InChI=1S/C40H28N2O4/c43-31-13-5-27(6-14-31)41(28-7-15-32(44)16-8-28)37-24-4-26-2-22-36-38(23-3-25-1-21-35(37)40(26)39(25)36)42(29-9-17-33(45)18-10-29)30-11-19-34(46)20-12-30/h1-24,43-46H. The Hall–Kier alpha value is -6.40. The van der Waals surface area contributed by atoms with Crippen LogP contribution in [0.15, 0.2) is 146 Å². The van der Waals surface area contributed by atoms with E-state index in [1.165, 1.54) is 0 Å². The topological polar surface area (TPSA) is 87.4 Å². The summed E-state index contributed by atoms with van der Waals surface area (Å²) >= 11 is 0. The third-order valence-electron chi connectivity index (χ3n) is 8.53. The van der Waals surface area contributed by atoms with Crippen LogP contribution >= 0.6 is 0 Å². The number of hydrogen-bond acceptors (Lipinski definition) is 6. The van der Waals surface area contributed by atoms with Crippen LogP contribution < -0.4 is 9.80 Å². The Morgan fingerprint density at radius 2 is 0.543 bits per heavy atom. The molecule has 0 unspecified atom stereocenters. The minimum Gasteiger partial charge on any atom is -0.508 e. The molecule has 8 rings (SSSR count). The molecule has 222 valence electrons. The Labute approximate surface area is 264 Å². The van der Waals surface area contributed by atoms with E-state index in [9.17, 15) is 20.4 Å². The molecular formula is C40H28N2O4. The lowest BCUT2D eigenvalue weighted by molar-refractivity contribution is 0.474. The van der Waals surface area contributed by atoms with Gasteiger partial charge in [0.2, 0.25) is 0 Å². The molecule has 0 aliphatic rings. The second-order valence-corrected chi connectivity index (χ2v) is 11.3. The van der Waals surface area contributed by atoms with Crippen LogP contribution in [0.1, 0.15) is 0 Å². The van der Waals surface area contributed by atoms with Crippen molar-refractivity contribution in [1.82, 2.24) is 0 Å². The molecule has 0 aliphatic carbocycles. The molecule has 8 aromatic rings. The Kier molecular flexibility index (Phi) is 6.29. The Bertz CT molecular complexity index is 2070. The van der Waals surface area contributed by atoms with Gasteiger partial charge in [-0.05, 0) is 131 Å². The molecule has 0 bridgehead atoms. The van der Waals surface area contributed by atoms with Gasteiger partial charge in [0.15, 0.2) is 0 Å². The number of phenols is 4. The van der Waals surface area contributed by atoms with Crippen molar-refractivity contribution < 1.29 is 20.4 Å². The summed E-state index contributed by atoms with van der Waals surface area (Å²) in [4.78, 5) is 4.26. The zero-order valence-corrected chi connectivity index (χ0v) is 24.5. The van der Waals surface area contributed by atoms with Crippen molar-refractivity contribution in [2.45, 2.75) is 0 Å². The Balaban J connectivity index is 1.40. The Morgan fingerprint density at radius 1 is 0.283 bits per heavy atom. The highest BCUT2D eigenvalue weighted by Crippen LogP contribution is 2.47. The van der Waals surface area contributed by atoms with E-state index in [0.29, 0.717) is 0 Å². The predicted molar refractivity (Wildman–Crippen MR) is 186 cm³/mol. The van der Waals surface area contributed by atoms with E-state index in [-0.39, 0.29) is 23.0 Å². The van der Waals surface area contributed by atoms with E-state index in [0.717, 1.165) is 66.4 Å². The number of benzene rings is 8. The van der Waals surface area contributed by atoms with Gasteiger partial charge >= 0.3 is 0 Å². The number of anilines is 6. The van der Waals surface area contributed by atoms with Gasteiger partial charge in [-0.2, -0.15) is 0 Å². The average molecular weight is 601 g/mol. The van der Waals surface area contributed by atoms with Crippen LogP contribution in [0.5, 0.6) is 23.0 Å². The molecule has 46 heavy (non-hydrogen) atoms. The summed E-state index contributed by atoms with van der Waals surface area (Å²) in [7, 11) is 0. The second kappa shape index (κ2) is 10.6. The molecule has 0 saturated carbocycles. The molecule has 0 saturated heterocycles. The first kappa shape index (κ1) is 27.2. The van der Waals surface area contributed by atoms with Crippen LogP contribution in [-0.4, -0.2) is 20.4 Å². The quantitative estimate of drug-likeness (QED) is 0.142. The number of nitrogens with zero attached hydrogens (tertiary/aromatic N) is 2. The van der Waals surface area contributed by atoms with Gasteiger partial charge in [0.1, 0.15) is 23.0 Å². The van der Waals surface area contributed by atoms with E-state index in [2.05, 4.69) is 58.3 Å². The first-order valence-electron chi connectivity index (χ1n) is 14.9. The van der Waals surface area contributed by atoms with Gasteiger partial charge in [0, 0.05) is 33.5 Å². The molecule has 0 heterocycles. The summed E-state index contributed by atoms with van der Waals surface area (Å²) in [6, 6.07) is 45.5. The van der Waals surface area contributed by atoms with Gasteiger partial charge in [-0.1, -0.05) is 36.4 Å². The van der Waals surface area contributed by atoms with Crippen LogP contribution in [0, 0.1) is 0 Å². The zero-order valence-electron chi connectivity index (χ0n) is 24.5. The van der Waals surface area contributed by atoms with Crippen molar-refractivity contribution in [1.29, 1.82) is 0 Å². The van der Waals surface area contributed by atoms with Crippen LogP contribution in [0.2, 0.25) is 0 Å². The maximum absolute atomic E-state index is 10.1. The van der Waals surface area contributed by atoms with Gasteiger partial charge in [-0.25, -0.2) is 0 Å². The molecule has 0 amide bonds. The molecule has 0 fully saturated rings. The predicted octanol–water partition coefficient (Wildman–Crippen LogP) is 10.3. The third kappa shape index (κ3) is 4.52. The fourth-order valence-electron chi connectivity index (χ4n) is 6.42. The van der Waals surface area contributed by atoms with E-state index >= 15 is 0 Å². The summed E-state index contributed by atoms with van der Waals surface area (Å²) in [5.41, 5.74) is 5.38. The number of rotatable bonds is 6. The van der Waals surface area contributed by atoms with Gasteiger partial charge < -0.3 is 30.2 Å². The lowest BCUT2D eigenvalue weighted by Gasteiger charge is -2.29. The molecule has 0 atom stereocenters. The van der Waals surface area contributed by atoms with E-state index in [4.69, 9.17) is 0 Å². The van der Waals surface area contributed by atoms with E-state index in [1.54, 1.807) is 48.5 Å². The minimum absolute atomic E-state index is 0.184. The Morgan fingerprint density at radius 3 is 0.826 bits per heavy atom. The summed E-state index contributed by atoms with van der Waals surface area (Å²) in [6.45, 7) is 0. The number of hydrogen-bond donors (Lipinski definition) is 4. The maximum atomic E-state index is 10.1. The molecule has 4 N–H and O–H groups in total. The molecule has 0 radical (unpaired) electrons. The molecule has 0 spiro atoms. The monoisotopic (exact) mass is 600 g/mol. The second-order valence-electron chi connectivity index (χ2n) is 11.3. The average Bonchev–Trinajstić information content (AvgIpc) is 3.08. The molecule has 8 aromatic carbocycles. The number of phenolic OH excluding ortho intramolecular Hbond substituents is 4. The first-order chi connectivity index (χ1) is 22.4. The highest BCUT2D eigenvalue weighted by molar-refractivity contribution is 6.28. The third-order valence-corrected chi connectivity index (χ3v) is 8.53. The lowest BCUT2D eigenvalue weighted by atomic mass is 9.91. The first-order valence-corrected chi connectivity index (χ1v) is 14.9. The van der Waals surface area contributed by atoms with Crippen LogP contribution in [0.3, 0.4) is 0 Å². The summed E-state index contributed by atoms with van der Waals surface area (Å²) in [6.07, 6.45) is 0. The largest absolute Gasteiger partial charge is 0.508 e. The van der Waals surface area contributed by atoms with Gasteiger partial charge in [-0.3, -0.25) is 0 Å². The lowest BCUT2D eigenvalue weighted by Crippen LogP contribution is -2.11. The maximum Gasteiger partial charge on any atom is 0.115 e. The van der Waals surface area contributed by atoms with Crippen molar-refractivity contribution in [3.05, 3.63) is 146 Å². The normalized spacial score (nSPS) is 11.4. The summed E-state index contributed by atoms with van der Waals surface area (Å²) in [5, 5.41) is 46.8. The van der Waals surface area contributed by atoms with E-state index < -0.39 is 0 Å².